The van der Waals surface area contributed by atoms with Crippen LogP contribution in [0.25, 0.3) is 0 Å². The fourth-order valence-electron chi connectivity index (χ4n) is 1.17. The highest BCUT2D eigenvalue weighted by Gasteiger charge is 2.36. The third-order valence-corrected chi connectivity index (χ3v) is 2.87. The summed E-state index contributed by atoms with van der Waals surface area (Å²) in [5.74, 6) is -2.90. The molecule has 1 aliphatic heterocycles. The average molecular weight is 188 g/mol. The molecule has 0 N–H and O–H groups in total. The highest BCUT2D eigenvalue weighted by molar-refractivity contribution is 7.86. The van der Waals surface area contributed by atoms with Gasteiger partial charge in [-0.3, -0.25) is 18.6 Å². The molecule has 5 heteroatoms. The standard InChI is InChI=1S/C7H8O4S/c1-4(8)7-5(9)2-12(11)3-6(7)10/h7H,2-3H2,1H3. The van der Waals surface area contributed by atoms with Gasteiger partial charge in [0, 0.05) is 10.8 Å². The van der Waals surface area contributed by atoms with Crippen LogP contribution in [0.15, 0.2) is 0 Å². The molecule has 0 spiro atoms. The molecule has 0 aromatic carbocycles. The van der Waals surface area contributed by atoms with Gasteiger partial charge in [0.05, 0.1) is 11.5 Å². The highest BCUT2D eigenvalue weighted by Crippen LogP contribution is 2.10. The van der Waals surface area contributed by atoms with Crippen LogP contribution in [0.2, 0.25) is 0 Å². The summed E-state index contributed by atoms with van der Waals surface area (Å²) in [5, 5.41) is 0. The largest absolute Gasteiger partial charge is 0.299 e. The minimum Gasteiger partial charge on any atom is -0.299 e. The van der Waals surface area contributed by atoms with Gasteiger partial charge >= 0.3 is 0 Å². The second kappa shape index (κ2) is 3.26. The van der Waals surface area contributed by atoms with E-state index in [0.717, 1.165) is 0 Å². The summed E-state index contributed by atoms with van der Waals surface area (Å²) < 4.78 is 10.8. The Morgan fingerprint density at radius 3 is 2.08 bits per heavy atom. The zero-order valence-electron chi connectivity index (χ0n) is 6.53. The zero-order valence-corrected chi connectivity index (χ0v) is 7.35. The first kappa shape index (κ1) is 9.25. The predicted molar refractivity (Wildman–Crippen MR) is 42.1 cm³/mol. The lowest BCUT2D eigenvalue weighted by Gasteiger charge is -2.15. The fourth-order valence-corrected chi connectivity index (χ4v) is 2.24. The molecular formula is C7H8O4S. The maximum atomic E-state index is 11.0. The summed E-state index contributed by atoms with van der Waals surface area (Å²) >= 11 is 0. The van der Waals surface area contributed by atoms with Crippen molar-refractivity contribution < 1.29 is 18.6 Å². The molecule has 66 valence electrons. The molecule has 0 aromatic heterocycles. The molecule has 0 aromatic rings. The monoisotopic (exact) mass is 188 g/mol. The van der Waals surface area contributed by atoms with Gasteiger partial charge in [-0.15, -0.1) is 0 Å². The third-order valence-electron chi connectivity index (χ3n) is 1.66. The lowest BCUT2D eigenvalue weighted by atomic mass is 9.96. The van der Waals surface area contributed by atoms with E-state index in [1.54, 1.807) is 0 Å². The molecule has 1 saturated heterocycles. The molecule has 0 saturated carbocycles. The zero-order chi connectivity index (χ0) is 9.30. The van der Waals surface area contributed by atoms with E-state index in [0.29, 0.717) is 0 Å². The van der Waals surface area contributed by atoms with Gasteiger partial charge in [0.2, 0.25) is 0 Å². The van der Waals surface area contributed by atoms with Gasteiger partial charge < -0.3 is 0 Å². The number of hydrogen-bond donors (Lipinski definition) is 0. The Hall–Kier alpha value is -0.840. The normalized spacial score (nSPS) is 30.4. The van der Waals surface area contributed by atoms with E-state index >= 15 is 0 Å². The van der Waals surface area contributed by atoms with Crippen molar-refractivity contribution in [1.29, 1.82) is 0 Å². The Balaban J connectivity index is 2.88. The maximum absolute atomic E-state index is 11.0. The molecule has 4 nitrogen and oxygen atoms in total. The minimum atomic E-state index is -1.39. The first-order valence-electron chi connectivity index (χ1n) is 3.43. The quantitative estimate of drug-likeness (QED) is 0.500. The number of rotatable bonds is 1. The van der Waals surface area contributed by atoms with Crippen molar-refractivity contribution in [2.24, 2.45) is 5.92 Å². The van der Waals surface area contributed by atoms with Crippen molar-refractivity contribution in [3.05, 3.63) is 0 Å². The average Bonchev–Trinajstić information content (AvgIpc) is 1.82. The Bertz CT molecular complexity index is 261. The van der Waals surface area contributed by atoms with Gasteiger partial charge in [0.1, 0.15) is 11.7 Å². The van der Waals surface area contributed by atoms with Gasteiger partial charge in [-0.05, 0) is 6.92 Å². The fraction of sp³-hybridized carbons (Fsp3) is 0.571. The molecule has 0 bridgehead atoms. The van der Waals surface area contributed by atoms with Crippen LogP contribution >= 0.6 is 0 Å². The van der Waals surface area contributed by atoms with Crippen LogP contribution in [0.3, 0.4) is 0 Å². The van der Waals surface area contributed by atoms with Gasteiger partial charge in [-0.1, -0.05) is 0 Å². The molecule has 0 amide bonds. The summed E-state index contributed by atoms with van der Waals surface area (Å²) in [6.07, 6.45) is 0. The van der Waals surface area contributed by atoms with Crippen LogP contribution < -0.4 is 0 Å². The third kappa shape index (κ3) is 1.66. The van der Waals surface area contributed by atoms with Crippen LogP contribution in [0.5, 0.6) is 0 Å². The van der Waals surface area contributed by atoms with E-state index in [1.807, 2.05) is 0 Å². The van der Waals surface area contributed by atoms with E-state index in [-0.39, 0.29) is 11.5 Å². The smallest absolute Gasteiger partial charge is 0.163 e. The SMILES string of the molecule is CC(=O)C1C(=O)CS(=O)CC1=O. The highest BCUT2D eigenvalue weighted by atomic mass is 32.2. The number of hydrogen-bond acceptors (Lipinski definition) is 4. The van der Waals surface area contributed by atoms with Crippen molar-refractivity contribution in [2.45, 2.75) is 6.92 Å². The van der Waals surface area contributed by atoms with Gasteiger partial charge in [0.15, 0.2) is 11.6 Å². The van der Waals surface area contributed by atoms with Gasteiger partial charge in [0.25, 0.3) is 0 Å². The summed E-state index contributed by atoms with van der Waals surface area (Å²) in [4.78, 5) is 32.8. The lowest BCUT2D eigenvalue weighted by molar-refractivity contribution is -0.137. The van der Waals surface area contributed by atoms with Gasteiger partial charge in [-0.2, -0.15) is 0 Å². The summed E-state index contributed by atoms with van der Waals surface area (Å²) in [6.45, 7) is 1.20. The van der Waals surface area contributed by atoms with Crippen LogP contribution in [-0.2, 0) is 25.2 Å². The second-order valence-corrected chi connectivity index (χ2v) is 4.16. The van der Waals surface area contributed by atoms with Crippen molar-refractivity contribution in [1.82, 2.24) is 0 Å². The molecule has 0 aliphatic carbocycles. The molecule has 1 aliphatic rings. The van der Waals surface area contributed by atoms with Gasteiger partial charge in [-0.25, -0.2) is 0 Å². The second-order valence-electron chi connectivity index (χ2n) is 2.70. The van der Waals surface area contributed by atoms with Crippen molar-refractivity contribution in [3.8, 4) is 0 Å². The molecule has 0 radical (unpaired) electrons. The molecule has 0 unspecified atom stereocenters. The van der Waals surface area contributed by atoms with Crippen LogP contribution in [0.1, 0.15) is 6.92 Å². The van der Waals surface area contributed by atoms with Crippen molar-refractivity contribution in [2.75, 3.05) is 11.5 Å². The maximum Gasteiger partial charge on any atom is 0.163 e. The summed E-state index contributed by atoms with van der Waals surface area (Å²) in [5.41, 5.74) is 0. The number of ketones is 3. The molecule has 1 fully saturated rings. The van der Waals surface area contributed by atoms with E-state index < -0.39 is 34.1 Å². The number of carbonyl (C=O) groups excluding carboxylic acids is 3. The lowest BCUT2D eigenvalue weighted by Crippen LogP contribution is -2.41. The summed E-state index contributed by atoms with van der Waals surface area (Å²) in [6, 6.07) is 0. The van der Waals surface area contributed by atoms with E-state index in [1.165, 1.54) is 6.92 Å². The topological polar surface area (TPSA) is 68.3 Å². The number of Topliss-reactive ketones (excluding diaryl/α,β-unsaturated/α-hetero) is 3. The minimum absolute atomic E-state index is 0.157. The van der Waals surface area contributed by atoms with Crippen molar-refractivity contribution >= 4 is 28.1 Å². The molecule has 0 atom stereocenters. The first-order valence-corrected chi connectivity index (χ1v) is 4.92. The van der Waals surface area contributed by atoms with Crippen LogP contribution in [0.4, 0.5) is 0 Å². The van der Waals surface area contributed by atoms with Crippen molar-refractivity contribution in [3.63, 3.8) is 0 Å². The Labute approximate surface area is 71.8 Å². The van der Waals surface area contributed by atoms with Crippen LogP contribution in [0, 0.1) is 5.92 Å². The molecular weight excluding hydrogens is 180 g/mol. The Morgan fingerprint density at radius 1 is 1.33 bits per heavy atom. The van der Waals surface area contributed by atoms with E-state index in [2.05, 4.69) is 0 Å². The summed E-state index contributed by atoms with van der Waals surface area (Å²) in [7, 11) is -1.39. The Kier molecular flexibility index (Phi) is 2.52. The van der Waals surface area contributed by atoms with E-state index in [4.69, 9.17) is 0 Å². The van der Waals surface area contributed by atoms with E-state index in [9.17, 15) is 18.6 Å². The molecule has 1 heterocycles. The van der Waals surface area contributed by atoms with Crippen LogP contribution in [-0.4, -0.2) is 33.1 Å². The predicted octanol–water partition coefficient (Wildman–Crippen LogP) is -0.908. The molecule has 12 heavy (non-hydrogen) atoms. The number of carbonyl (C=O) groups is 3. The molecule has 1 rings (SSSR count). The first-order chi connectivity index (χ1) is 5.52. The Morgan fingerprint density at radius 2 is 1.75 bits per heavy atom.